The van der Waals surface area contributed by atoms with E-state index in [0.717, 1.165) is 10.2 Å². The van der Waals surface area contributed by atoms with E-state index in [9.17, 15) is 0 Å². The summed E-state index contributed by atoms with van der Waals surface area (Å²) in [5, 5.41) is 3.36. The van der Waals surface area contributed by atoms with Gasteiger partial charge in [0.15, 0.2) is 0 Å². The van der Waals surface area contributed by atoms with Gasteiger partial charge in [0.2, 0.25) is 0 Å². The van der Waals surface area contributed by atoms with Gasteiger partial charge < -0.3 is 4.74 Å². The van der Waals surface area contributed by atoms with Gasteiger partial charge in [0.05, 0.1) is 11.1 Å². The van der Waals surface area contributed by atoms with Crippen molar-refractivity contribution in [1.82, 2.24) is 0 Å². The third-order valence-electron chi connectivity index (χ3n) is 2.12. The summed E-state index contributed by atoms with van der Waals surface area (Å²) in [4.78, 5) is 0. The minimum atomic E-state index is 0.702. The van der Waals surface area contributed by atoms with Crippen LogP contribution in [0, 0.1) is 6.92 Å². The molecule has 0 aliphatic carbocycles. The van der Waals surface area contributed by atoms with Crippen molar-refractivity contribution in [1.29, 1.82) is 0 Å². The molecule has 1 nitrogen and oxygen atoms in total. The lowest BCUT2D eigenvalue weighted by molar-refractivity contribution is 0.338. The molecule has 1 aromatic carbocycles. The standard InChI is InChI=1S/C11H11BrOS/c1-3-13-9-6-7(2)11-8(10(9)12)4-5-14-11/h4-6H,3H2,1-2H3. The van der Waals surface area contributed by atoms with Gasteiger partial charge in [-0.25, -0.2) is 0 Å². The molecular formula is C11H11BrOS. The highest BCUT2D eigenvalue weighted by Gasteiger charge is 2.09. The number of halogens is 1. The third-order valence-corrected chi connectivity index (χ3v) is 3.99. The summed E-state index contributed by atoms with van der Waals surface area (Å²) in [6.45, 7) is 4.82. The number of benzene rings is 1. The number of ether oxygens (including phenoxy) is 1. The van der Waals surface area contributed by atoms with Gasteiger partial charge in [0.1, 0.15) is 5.75 Å². The molecule has 0 spiro atoms. The van der Waals surface area contributed by atoms with Gasteiger partial charge in [0.25, 0.3) is 0 Å². The Morgan fingerprint density at radius 1 is 1.50 bits per heavy atom. The van der Waals surface area contributed by atoms with Crippen molar-refractivity contribution in [2.75, 3.05) is 6.61 Å². The van der Waals surface area contributed by atoms with E-state index in [1.165, 1.54) is 15.6 Å². The Hall–Kier alpha value is -0.540. The van der Waals surface area contributed by atoms with Crippen LogP contribution in [0.3, 0.4) is 0 Å². The number of thiophene rings is 1. The molecule has 0 aliphatic heterocycles. The van der Waals surface area contributed by atoms with Gasteiger partial charge in [-0.05, 0) is 52.9 Å². The van der Waals surface area contributed by atoms with Crippen molar-refractivity contribution in [3.63, 3.8) is 0 Å². The highest BCUT2D eigenvalue weighted by molar-refractivity contribution is 9.10. The molecule has 0 unspecified atom stereocenters. The number of hydrogen-bond acceptors (Lipinski definition) is 2. The number of aryl methyl sites for hydroxylation is 1. The van der Waals surface area contributed by atoms with Gasteiger partial charge in [0, 0.05) is 10.1 Å². The molecule has 14 heavy (non-hydrogen) atoms. The first kappa shape index (κ1) is 9.99. The number of rotatable bonds is 2. The van der Waals surface area contributed by atoms with Crippen LogP contribution >= 0.6 is 27.3 Å². The number of hydrogen-bond donors (Lipinski definition) is 0. The largest absolute Gasteiger partial charge is 0.493 e. The van der Waals surface area contributed by atoms with Crippen LogP contribution in [0.25, 0.3) is 10.1 Å². The van der Waals surface area contributed by atoms with Crippen LogP contribution < -0.4 is 4.74 Å². The molecule has 0 atom stereocenters. The van der Waals surface area contributed by atoms with E-state index in [0.29, 0.717) is 6.61 Å². The molecule has 1 heterocycles. The lowest BCUT2D eigenvalue weighted by Crippen LogP contribution is -1.93. The quantitative estimate of drug-likeness (QED) is 0.788. The summed E-state index contributed by atoms with van der Waals surface area (Å²) < 4.78 is 7.96. The summed E-state index contributed by atoms with van der Waals surface area (Å²) >= 11 is 5.35. The summed E-state index contributed by atoms with van der Waals surface area (Å²) in [6, 6.07) is 4.21. The zero-order chi connectivity index (χ0) is 10.1. The molecule has 1 aromatic heterocycles. The van der Waals surface area contributed by atoms with Gasteiger partial charge >= 0.3 is 0 Å². The topological polar surface area (TPSA) is 9.23 Å². The Bertz CT molecular complexity index is 462. The van der Waals surface area contributed by atoms with E-state index in [1.807, 2.05) is 6.92 Å². The molecule has 0 aliphatic rings. The second kappa shape index (κ2) is 3.91. The normalized spacial score (nSPS) is 10.8. The predicted octanol–water partition coefficient (Wildman–Crippen LogP) is 4.37. The monoisotopic (exact) mass is 270 g/mol. The first-order chi connectivity index (χ1) is 6.74. The average molecular weight is 271 g/mol. The fraction of sp³-hybridized carbons (Fsp3) is 0.273. The second-order valence-electron chi connectivity index (χ2n) is 3.10. The van der Waals surface area contributed by atoms with Gasteiger partial charge in [-0.2, -0.15) is 0 Å². The maximum Gasteiger partial charge on any atom is 0.134 e. The highest BCUT2D eigenvalue weighted by Crippen LogP contribution is 2.38. The van der Waals surface area contributed by atoms with E-state index < -0.39 is 0 Å². The van der Waals surface area contributed by atoms with Crippen molar-refractivity contribution in [3.8, 4) is 5.75 Å². The molecule has 0 amide bonds. The fourth-order valence-electron chi connectivity index (χ4n) is 1.51. The number of fused-ring (bicyclic) bond motifs is 1. The highest BCUT2D eigenvalue weighted by atomic mass is 79.9. The first-order valence-corrected chi connectivity index (χ1v) is 6.20. The van der Waals surface area contributed by atoms with Crippen LogP contribution in [0.2, 0.25) is 0 Å². The smallest absolute Gasteiger partial charge is 0.134 e. The zero-order valence-corrected chi connectivity index (χ0v) is 10.5. The van der Waals surface area contributed by atoms with Crippen molar-refractivity contribution in [2.24, 2.45) is 0 Å². The molecule has 0 saturated heterocycles. The van der Waals surface area contributed by atoms with Crippen LogP contribution in [-0.2, 0) is 0 Å². The lowest BCUT2D eigenvalue weighted by Gasteiger charge is -2.08. The van der Waals surface area contributed by atoms with Crippen LogP contribution in [0.1, 0.15) is 12.5 Å². The fourth-order valence-corrected chi connectivity index (χ4v) is 3.08. The molecular weight excluding hydrogens is 260 g/mol. The Morgan fingerprint density at radius 3 is 3.00 bits per heavy atom. The predicted molar refractivity (Wildman–Crippen MR) is 65.4 cm³/mol. The van der Waals surface area contributed by atoms with Crippen molar-refractivity contribution in [2.45, 2.75) is 13.8 Å². The molecule has 3 heteroatoms. The van der Waals surface area contributed by atoms with E-state index in [1.54, 1.807) is 11.3 Å². The Kier molecular flexibility index (Phi) is 2.79. The van der Waals surface area contributed by atoms with E-state index >= 15 is 0 Å². The van der Waals surface area contributed by atoms with Gasteiger partial charge in [-0.3, -0.25) is 0 Å². The van der Waals surface area contributed by atoms with Crippen LogP contribution in [0.15, 0.2) is 22.0 Å². The molecule has 2 rings (SSSR count). The van der Waals surface area contributed by atoms with Crippen molar-refractivity contribution < 1.29 is 4.74 Å². The molecule has 2 aromatic rings. The zero-order valence-electron chi connectivity index (χ0n) is 8.13. The first-order valence-electron chi connectivity index (χ1n) is 4.53. The maximum absolute atomic E-state index is 5.55. The van der Waals surface area contributed by atoms with Gasteiger partial charge in [-0.1, -0.05) is 0 Å². The summed E-state index contributed by atoms with van der Waals surface area (Å²) in [6.07, 6.45) is 0. The van der Waals surface area contributed by atoms with E-state index in [4.69, 9.17) is 4.74 Å². The minimum Gasteiger partial charge on any atom is -0.493 e. The second-order valence-corrected chi connectivity index (χ2v) is 4.81. The SMILES string of the molecule is CCOc1cc(C)c2sccc2c1Br. The molecule has 0 fully saturated rings. The molecule has 0 saturated carbocycles. The lowest BCUT2D eigenvalue weighted by atomic mass is 10.2. The molecule has 0 N–H and O–H groups in total. The van der Waals surface area contributed by atoms with Crippen LogP contribution in [0.5, 0.6) is 5.75 Å². The van der Waals surface area contributed by atoms with Crippen LogP contribution in [0.4, 0.5) is 0 Å². The van der Waals surface area contributed by atoms with Crippen LogP contribution in [-0.4, -0.2) is 6.61 Å². The molecule has 0 radical (unpaired) electrons. The molecule has 0 bridgehead atoms. The maximum atomic E-state index is 5.55. The summed E-state index contributed by atoms with van der Waals surface area (Å²) in [7, 11) is 0. The third kappa shape index (κ3) is 1.55. The Morgan fingerprint density at radius 2 is 2.29 bits per heavy atom. The average Bonchev–Trinajstić information content (AvgIpc) is 2.63. The Balaban J connectivity index is 2.68. The summed E-state index contributed by atoms with van der Waals surface area (Å²) in [5.41, 5.74) is 1.28. The van der Waals surface area contributed by atoms with E-state index in [2.05, 4.69) is 40.4 Å². The summed E-state index contributed by atoms with van der Waals surface area (Å²) in [5.74, 6) is 0.941. The minimum absolute atomic E-state index is 0.702. The van der Waals surface area contributed by atoms with Crippen molar-refractivity contribution >= 4 is 37.4 Å². The van der Waals surface area contributed by atoms with E-state index in [-0.39, 0.29) is 0 Å². The molecule has 74 valence electrons. The van der Waals surface area contributed by atoms with Gasteiger partial charge in [-0.15, -0.1) is 11.3 Å². The van der Waals surface area contributed by atoms with Crippen molar-refractivity contribution in [3.05, 3.63) is 27.5 Å². The Labute approximate surface area is 95.8 Å².